The summed E-state index contributed by atoms with van der Waals surface area (Å²) in [6.45, 7) is 8.58. The van der Waals surface area contributed by atoms with E-state index in [9.17, 15) is 0 Å². The monoisotopic (exact) mass is 223 g/mol. The normalized spacial score (nSPS) is 11.3. The SMILES string of the molecule is CCSC(=S)NC(C)(C)SCC. The lowest BCUT2D eigenvalue weighted by atomic mass is 10.4. The molecule has 4 heteroatoms. The van der Waals surface area contributed by atoms with E-state index in [1.54, 1.807) is 11.8 Å². The van der Waals surface area contributed by atoms with Crippen molar-refractivity contribution < 1.29 is 0 Å². The predicted octanol–water partition coefficient (Wildman–Crippen LogP) is 3.10. The Morgan fingerprint density at radius 3 is 2.33 bits per heavy atom. The van der Waals surface area contributed by atoms with Crippen LogP contribution in [0.3, 0.4) is 0 Å². The maximum atomic E-state index is 5.15. The Bertz CT molecular complexity index is 145. The first-order valence-corrected chi connectivity index (χ1v) is 6.48. The standard InChI is InChI=1S/C8H17NS3/c1-5-11-7(10)9-8(3,4)12-6-2/h5-6H2,1-4H3,(H,9,10). The fraction of sp³-hybridized carbons (Fsp3) is 0.875. The van der Waals surface area contributed by atoms with Gasteiger partial charge in [-0.3, -0.25) is 0 Å². The highest BCUT2D eigenvalue weighted by atomic mass is 32.2. The van der Waals surface area contributed by atoms with Gasteiger partial charge < -0.3 is 5.32 Å². The van der Waals surface area contributed by atoms with Crippen LogP contribution in [0.1, 0.15) is 27.7 Å². The van der Waals surface area contributed by atoms with E-state index < -0.39 is 0 Å². The Balaban J connectivity index is 3.79. The quantitative estimate of drug-likeness (QED) is 0.580. The number of rotatable bonds is 4. The van der Waals surface area contributed by atoms with Crippen LogP contribution in [0.2, 0.25) is 0 Å². The third-order valence-electron chi connectivity index (χ3n) is 1.18. The number of hydrogen-bond donors (Lipinski definition) is 1. The van der Waals surface area contributed by atoms with Gasteiger partial charge in [-0.25, -0.2) is 0 Å². The van der Waals surface area contributed by atoms with Gasteiger partial charge in [0.15, 0.2) is 0 Å². The summed E-state index contributed by atoms with van der Waals surface area (Å²) in [5.41, 5.74) is 0. The molecule has 0 rings (SSSR count). The van der Waals surface area contributed by atoms with Crippen molar-refractivity contribution in [3.8, 4) is 0 Å². The average Bonchev–Trinajstić information content (AvgIpc) is 1.85. The molecule has 0 aromatic carbocycles. The smallest absolute Gasteiger partial charge is 0.134 e. The van der Waals surface area contributed by atoms with E-state index >= 15 is 0 Å². The Morgan fingerprint density at radius 2 is 1.92 bits per heavy atom. The van der Waals surface area contributed by atoms with Crippen LogP contribution in [0, 0.1) is 0 Å². The molecule has 0 aromatic heterocycles. The molecule has 0 heterocycles. The van der Waals surface area contributed by atoms with Crippen LogP contribution in [0.15, 0.2) is 0 Å². The molecule has 0 aliphatic carbocycles. The Hall–Kier alpha value is 0.590. The lowest BCUT2D eigenvalue weighted by Gasteiger charge is -2.26. The van der Waals surface area contributed by atoms with Crippen LogP contribution in [-0.4, -0.2) is 20.7 Å². The van der Waals surface area contributed by atoms with Crippen molar-refractivity contribution in [2.45, 2.75) is 32.6 Å². The Labute approximate surface area is 89.4 Å². The minimum Gasteiger partial charge on any atom is -0.357 e. The van der Waals surface area contributed by atoms with Gasteiger partial charge in [0, 0.05) is 0 Å². The van der Waals surface area contributed by atoms with Crippen molar-refractivity contribution in [3.05, 3.63) is 0 Å². The second-order valence-electron chi connectivity index (χ2n) is 2.79. The van der Waals surface area contributed by atoms with Crippen LogP contribution in [-0.2, 0) is 0 Å². The summed E-state index contributed by atoms with van der Waals surface area (Å²) in [6, 6.07) is 0. The third kappa shape index (κ3) is 6.14. The summed E-state index contributed by atoms with van der Waals surface area (Å²) in [6.07, 6.45) is 0. The number of hydrogen-bond acceptors (Lipinski definition) is 3. The second kappa shape index (κ2) is 6.11. The maximum Gasteiger partial charge on any atom is 0.134 e. The molecule has 12 heavy (non-hydrogen) atoms. The van der Waals surface area contributed by atoms with Crippen LogP contribution < -0.4 is 5.32 Å². The third-order valence-corrected chi connectivity index (χ3v) is 3.40. The van der Waals surface area contributed by atoms with Crippen LogP contribution in [0.5, 0.6) is 0 Å². The fourth-order valence-corrected chi connectivity index (χ4v) is 3.03. The number of thioether (sulfide) groups is 2. The molecule has 72 valence electrons. The predicted molar refractivity (Wildman–Crippen MR) is 66.1 cm³/mol. The zero-order valence-corrected chi connectivity index (χ0v) is 10.6. The highest BCUT2D eigenvalue weighted by Gasteiger charge is 2.17. The molecular formula is C8H17NS3. The van der Waals surface area contributed by atoms with Gasteiger partial charge in [-0.2, -0.15) is 0 Å². The largest absolute Gasteiger partial charge is 0.357 e. The molecule has 0 aliphatic rings. The molecule has 1 nitrogen and oxygen atoms in total. The van der Waals surface area contributed by atoms with E-state index in [0.717, 1.165) is 15.8 Å². The van der Waals surface area contributed by atoms with Crippen molar-refractivity contribution in [1.82, 2.24) is 5.32 Å². The van der Waals surface area contributed by atoms with Gasteiger partial charge in [-0.05, 0) is 25.4 Å². The van der Waals surface area contributed by atoms with Gasteiger partial charge in [-0.1, -0.05) is 37.8 Å². The molecule has 0 aliphatic heterocycles. The highest BCUT2D eigenvalue weighted by molar-refractivity contribution is 8.23. The molecular weight excluding hydrogens is 206 g/mol. The summed E-state index contributed by atoms with van der Waals surface area (Å²) in [5.74, 6) is 2.15. The fourth-order valence-electron chi connectivity index (χ4n) is 0.810. The molecule has 0 bridgehead atoms. The summed E-state index contributed by atoms with van der Waals surface area (Å²) < 4.78 is 0.906. The van der Waals surface area contributed by atoms with E-state index in [1.165, 1.54) is 0 Å². The Kier molecular flexibility index (Phi) is 6.41. The molecule has 0 amide bonds. The molecule has 0 atom stereocenters. The highest BCUT2D eigenvalue weighted by Crippen LogP contribution is 2.21. The lowest BCUT2D eigenvalue weighted by molar-refractivity contribution is 0.678. The molecule has 1 N–H and O–H groups in total. The van der Waals surface area contributed by atoms with Gasteiger partial charge in [0.05, 0.1) is 4.87 Å². The van der Waals surface area contributed by atoms with Crippen molar-refractivity contribution in [2.75, 3.05) is 11.5 Å². The zero-order valence-electron chi connectivity index (χ0n) is 8.14. The lowest BCUT2D eigenvalue weighted by Crippen LogP contribution is -2.38. The summed E-state index contributed by atoms with van der Waals surface area (Å²) in [5, 5.41) is 3.32. The summed E-state index contributed by atoms with van der Waals surface area (Å²) in [7, 11) is 0. The average molecular weight is 223 g/mol. The zero-order chi connectivity index (χ0) is 9.61. The first-order valence-electron chi connectivity index (χ1n) is 4.10. The van der Waals surface area contributed by atoms with Crippen LogP contribution in [0.25, 0.3) is 0 Å². The second-order valence-corrected chi connectivity index (χ2v) is 6.62. The van der Waals surface area contributed by atoms with Gasteiger partial charge >= 0.3 is 0 Å². The first-order chi connectivity index (χ1) is 5.52. The molecule has 0 saturated heterocycles. The maximum absolute atomic E-state index is 5.15. The molecule has 0 fully saturated rings. The summed E-state index contributed by atoms with van der Waals surface area (Å²) >= 11 is 8.72. The van der Waals surface area contributed by atoms with Crippen LogP contribution in [0.4, 0.5) is 0 Å². The molecule has 0 spiro atoms. The van der Waals surface area contributed by atoms with Crippen molar-refractivity contribution in [3.63, 3.8) is 0 Å². The van der Waals surface area contributed by atoms with E-state index in [2.05, 4.69) is 33.0 Å². The van der Waals surface area contributed by atoms with E-state index in [0.29, 0.717) is 0 Å². The van der Waals surface area contributed by atoms with E-state index in [1.807, 2.05) is 11.8 Å². The topological polar surface area (TPSA) is 12.0 Å². The van der Waals surface area contributed by atoms with E-state index in [-0.39, 0.29) is 4.87 Å². The molecule has 0 aromatic rings. The molecule has 0 radical (unpaired) electrons. The Morgan fingerprint density at radius 1 is 1.33 bits per heavy atom. The summed E-state index contributed by atoms with van der Waals surface area (Å²) in [4.78, 5) is 0.0774. The number of nitrogens with one attached hydrogen (secondary N) is 1. The van der Waals surface area contributed by atoms with Gasteiger partial charge in [0.2, 0.25) is 0 Å². The molecule has 0 saturated carbocycles. The van der Waals surface area contributed by atoms with Gasteiger partial charge in [0.1, 0.15) is 4.32 Å². The van der Waals surface area contributed by atoms with Gasteiger partial charge in [0.25, 0.3) is 0 Å². The first kappa shape index (κ1) is 12.6. The van der Waals surface area contributed by atoms with Crippen LogP contribution >= 0.6 is 35.7 Å². The minimum absolute atomic E-state index is 0.0774. The van der Waals surface area contributed by atoms with Crippen molar-refractivity contribution in [2.24, 2.45) is 0 Å². The van der Waals surface area contributed by atoms with E-state index in [4.69, 9.17) is 12.2 Å². The van der Waals surface area contributed by atoms with Gasteiger partial charge in [-0.15, -0.1) is 11.8 Å². The van der Waals surface area contributed by atoms with Crippen molar-refractivity contribution in [1.29, 1.82) is 0 Å². The minimum atomic E-state index is 0.0774. The molecule has 0 unspecified atom stereocenters. The number of thiocarbonyl (C=S) groups is 1. The van der Waals surface area contributed by atoms with Crippen molar-refractivity contribution >= 4 is 40.1 Å².